The standard InChI is InChI=1S/C19H21N3/c1-3-15-9-11-17(12-10-15)18-14(2)19(20)22(21-18)13-16-7-5-4-6-8-16/h4-12H,3,13,20H2,1-2H3. The van der Waals surface area contributed by atoms with Crippen LogP contribution < -0.4 is 5.73 Å². The van der Waals surface area contributed by atoms with Crippen LogP contribution in [0.1, 0.15) is 23.6 Å². The van der Waals surface area contributed by atoms with E-state index in [-0.39, 0.29) is 0 Å². The van der Waals surface area contributed by atoms with Crippen LogP contribution >= 0.6 is 0 Å². The van der Waals surface area contributed by atoms with Crippen molar-refractivity contribution in [3.05, 3.63) is 71.3 Å². The Labute approximate surface area is 131 Å². The normalized spacial score (nSPS) is 10.8. The fourth-order valence-electron chi connectivity index (χ4n) is 2.61. The van der Waals surface area contributed by atoms with Gasteiger partial charge in [-0.05, 0) is 24.5 Å². The number of nitrogens with two attached hydrogens (primary N) is 1. The molecule has 3 heteroatoms. The van der Waals surface area contributed by atoms with Crippen LogP contribution in [0.25, 0.3) is 11.3 Å². The van der Waals surface area contributed by atoms with Gasteiger partial charge in [0.15, 0.2) is 0 Å². The molecule has 0 atom stereocenters. The topological polar surface area (TPSA) is 43.8 Å². The van der Waals surface area contributed by atoms with Crippen molar-refractivity contribution in [1.29, 1.82) is 0 Å². The lowest BCUT2D eigenvalue weighted by Crippen LogP contribution is -2.06. The van der Waals surface area contributed by atoms with Crippen molar-refractivity contribution in [3.63, 3.8) is 0 Å². The molecule has 0 saturated carbocycles. The Hall–Kier alpha value is -2.55. The van der Waals surface area contributed by atoms with Crippen molar-refractivity contribution in [3.8, 4) is 11.3 Å². The first-order valence-electron chi connectivity index (χ1n) is 7.65. The summed E-state index contributed by atoms with van der Waals surface area (Å²) in [5, 5.41) is 4.72. The van der Waals surface area contributed by atoms with Crippen molar-refractivity contribution in [2.75, 3.05) is 5.73 Å². The Morgan fingerprint density at radius 3 is 2.27 bits per heavy atom. The quantitative estimate of drug-likeness (QED) is 0.788. The molecule has 0 radical (unpaired) electrons. The van der Waals surface area contributed by atoms with Gasteiger partial charge in [0.1, 0.15) is 5.82 Å². The molecule has 0 fully saturated rings. The molecule has 0 unspecified atom stereocenters. The van der Waals surface area contributed by atoms with Crippen LogP contribution in [0, 0.1) is 6.92 Å². The van der Waals surface area contributed by atoms with E-state index in [2.05, 4.69) is 43.3 Å². The zero-order valence-corrected chi connectivity index (χ0v) is 13.1. The second-order valence-corrected chi connectivity index (χ2v) is 5.55. The van der Waals surface area contributed by atoms with Crippen LogP contribution in [0.15, 0.2) is 54.6 Å². The zero-order chi connectivity index (χ0) is 15.5. The first-order chi connectivity index (χ1) is 10.7. The van der Waals surface area contributed by atoms with Crippen LogP contribution in [0.4, 0.5) is 5.82 Å². The Bertz CT molecular complexity index is 755. The molecule has 0 bridgehead atoms. The summed E-state index contributed by atoms with van der Waals surface area (Å²) in [5.74, 6) is 0.735. The van der Waals surface area contributed by atoms with E-state index in [4.69, 9.17) is 10.8 Å². The maximum absolute atomic E-state index is 6.25. The molecule has 0 aliphatic carbocycles. The third-order valence-corrected chi connectivity index (χ3v) is 4.05. The van der Waals surface area contributed by atoms with Crippen molar-refractivity contribution >= 4 is 5.82 Å². The van der Waals surface area contributed by atoms with Crippen molar-refractivity contribution < 1.29 is 0 Å². The van der Waals surface area contributed by atoms with E-state index in [1.807, 2.05) is 29.8 Å². The molecule has 112 valence electrons. The molecule has 2 aromatic carbocycles. The van der Waals surface area contributed by atoms with E-state index >= 15 is 0 Å². The van der Waals surface area contributed by atoms with E-state index < -0.39 is 0 Å². The third-order valence-electron chi connectivity index (χ3n) is 4.05. The molecular weight excluding hydrogens is 270 g/mol. The molecule has 3 nitrogen and oxygen atoms in total. The molecule has 1 aromatic heterocycles. The number of aryl methyl sites for hydroxylation is 1. The molecule has 0 spiro atoms. The summed E-state index contributed by atoms with van der Waals surface area (Å²) in [6.45, 7) is 4.89. The van der Waals surface area contributed by atoms with Gasteiger partial charge in [-0.15, -0.1) is 0 Å². The smallest absolute Gasteiger partial charge is 0.125 e. The van der Waals surface area contributed by atoms with Gasteiger partial charge in [-0.3, -0.25) is 0 Å². The van der Waals surface area contributed by atoms with Gasteiger partial charge < -0.3 is 5.73 Å². The molecule has 3 aromatic rings. The second kappa shape index (κ2) is 6.06. The number of benzene rings is 2. The number of hydrogen-bond acceptors (Lipinski definition) is 2. The molecular formula is C19H21N3. The van der Waals surface area contributed by atoms with Crippen LogP contribution in [0.5, 0.6) is 0 Å². The molecule has 0 aliphatic rings. The van der Waals surface area contributed by atoms with Crippen LogP contribution in [-0.2, 0) is 13.0 Å². The number of nitrogen functional groups attached to an aromatic ring is 1. The summed E-state index contributed by atoms with van der Waals surface area (Å²) in [6.07, 6.45) is 1.05. The van der Waals surface area contributed by atoms with Gasteiger partial charge in [-0.1, -0.05) is 61.5 Å². The van der Waals surface area contributed by atoms with Gasteiger partial charge in [0.25, 0.3) is 0 Å². The average Bonchev–Trinajstić information content (AvgIpc) is 2.84. The summed E-state index contributed by atoms with van der Waals surface area (Å²) in [7, 11) is 0. The zero-order valence-electron chi connectivity index (χ0n) is 13.1. The fourth-order valence-corrected chi connectivity index (χ4v) is 2.61. The average molecular weight is 291 g/mol. The van der Waals surface area contributed by atoms with E-state index in [0.717, 1.165) is 29.1 Å². The Balaban J connectivity index is 1.94. The van der Waals surface area contributed by atoms with Gasteiger partial charge in [0, 0.05) is 11.1 Å². The predicted molar refractivity (Wildman–Crippen MR) is 91.7 cm³/mol. The van der Waals surface area contributed by atoms with Crippen LogP contribution in [-0.4, -0.2) is 9.78 Å². The number of anilines is 1. The fraction of sp³-hybridized carbons (Fsp3) is 0.211. The lowest BCUT2D eigenvalue weighted by molar-refractivity contribution is 0.699. The molecule has 3 rings (SSSR count). The first-order valence-corrected chi connectivity index (χ1v) is 7.65. The largest absolute Gasteiger partial charge is 0.384 e. The Kier molecular flexibility index (Phi) is 3.96. The summed E-state index contributed by atoms with van der Waals surface area (Å²) >= 11 is 0. The van der Waals surface area contributed by atoms with Crippen molar-refractivity contribution in [2.24, 2.45) is 0 Å². The monoisotopic (exact) mass is 291 g/mol. The lowest BCUT2D eigenvalue weighted by Gasteiger charge is -2.04. The Morgan fingerprint density at radius 1 is 0.955 bits per heavy atom. The molecule has 1 heterocycles. The van der Waals surface area contributed by atoms with Gasteiger partial charge in [-0.25, -0.2) is 4.68 Å². The lowest BCUT2D eigenvalue weighted by atomic mass is 10.1. The van der Waals surface area contributed by atoms with E-state index in [9.17, 15) is 0 Å². The number of nitrogens with zero attached hydrogens (tertiary/aromatic N) is 2. The molecule has 0 saturated heterocycles. The van der Waals surface area contributed by atoms with Crippen molar-refractivity contribution in [2.45, 2.75) is 26.8 Å². The Morgan fingerprint density at radius 2 is 1.64 bits per heavy atom. The molecule has 0 aliphatic heterocycles. The molecule has 0 amide bonds. The highest BCUT2D eigenvalue weighted by atomic mass is 15.3. The summed E-state index contributed by atoms with van der Waals surface area (Å²) in [5.41, 5.74) is 11.9. The van der Waals surface area contributed by atoms with Gasteiger partial charge in [-0.2, -0.15) is 5.10 Å². The highest BCUT2D eigenvalue weighted by Gasteiger charge is 2.13. The minimum atomic E-state index is 0.695. The number of hydrogen-bond donors (Lipinski definition) is 1. The van der Waals surface area contributed by atoms with E-state index in [0.29, 0.717) is 6.54 Å². The summed E-state index contributed by atoms with van der Waals surface area (Å²) < 4.78 is 1.88. The van der Waals surface area contributed by atoms with Crippen molar-refractivity contribution in [1.82, 2.24) is 9.78 Å². The summed E-state index contributed by atoms with van der Waals surface area (Å²) in [4.78, 5) is 0. The molecule has 22 heavy (non-hydrogen) atoms. The van der Waals surface area contributed by atoms with E-state index in [1.54, 1.807) is 0 Å². The SMILES string of the molecule is CCc1ccc(-c2nn(Cc3ccccc3)c(N)c2C)cc1. The highest BCUT2D eigenvalue weighted by molar-refractivity contribution is 5.68. The minimum absolute atomic E-state index is 0.695. The summed E-state index contributed by atoms with van der Waals surface area (Å²) in [6, 6.07) is 18.8. The first kappa shape index (κ1) is 14.4. The molecule has 2 N–H and O–H groups in total. The highest BCUT2D eigenvalue weighted by Crippen LogP contribution is 2.27. The third kappa shape index (κ3) is 2.75. The van der Waals surface area contributed by atoms with Crippen LogP contribution in [0.2, 0.25) is 0 Å². The van der Waals surface area contributed by atoms with Crippen LogP contribution in [0.3, 0.4) is 0 Å². The predicted octanol–water partition coefficient (Wildman–Crippen LogP) is 4.05. The van der Waals surface area contributed by atoms with Gasteiger partial charge in [0.05, 0.1) is 12.2 Å². The second-order valence-electron chi connectivity index (χ2n) is 5.55. The van der Waals surface area contributed by atoms with E-state index in [1.165, 1.54) is 11.1 Å². The maximum Gasteiger partial charge on any atom is 0.125 e. The van der Waals surface area contributed by atoms with Gasteiger partial charge in [0.2, 0.25) is 0 Å². The number of aromatic nitrogens is 2. The maximum atomic E-state index is 6.25. The number of rotatable bonds is 4. The minimum Gasteiger partial charge on any atom is -0.384 e. The van der Waals surface area contributed by atoms with Gasteiger partial charge >= 0.3 is 0 Å².